The van der Waals surface area contributed by atoms with Gasteiger partial charge in [-0.3, -0.25) is 0 Å². The van der Waals surface area contributed by atoms with Gasteiger partial charge in [-0.25, -0.2) is 4.39 Å². The van der Waals surface area contributed by atoms with Crippen molar-refractivity contribution in [1.29, 1.82) is 0 Å². The summed E-state index contributed by atoms with van der Waals surface area (Å²) in [5.41, 5.74) is 2.32. The smallest absolute Gasteiger partial charge is 0.123 e. The Kier molecular flexibility index (Phi) is 3.38. The van der Waals surface area contributed by atoms with Gasteiger partial charge in [-0.15, -0.1) is 0 Å². The minimum atomic E-state index is -0.134. The molecule has 0 aliphatic carbocycles. The van der Waals surface area contributed by atoms with Crippen molar-refractivity contribution >= 4 is 5.69 Å². The lowest BCUT2D eigenvalue weighted by Crippen LogP contribution is -2.48. The fourth-order valence-electron chi connectivity index (χ4n) is 2.74. The molecule has 0 amide bonds. The Morgan fingerprint density at radius 1 is 1.35 bits per heavy atom. The van der Waals surface area contributed by atoms with Crippen LogP contribution in [0.1, 0.15) is 26.3 Å². The van der Waals surface area contributed by atoms with E-state index >= 15 is 0 Å². The topological polar surface area (TPSA) is 15.3 Å². The first-order valence-corrected chi connectivity index (χ1v) is 6.28. The summed E-state index contributed by atoms with van der Waals surface area (Å²) in [6.07, 6.45) is 0.924. The van der Waals surface area contributed by atoms with Crippen molar-refractivity contribution in [1.82, 2.24) is 5.32 Å². The van der Waals surface area contributed by atoms with Crippen LogP contribution in [0.4, 0.5) is 10.1 Å². The molecule has 1 aliphatic heterocycles. The predicted octanol–water partition coefficient (Wildman–Crippen LogP) is 2.57. The molecule has 0 bridgehead atoms. The highest BCUT2D eigenvalue weighted by molar-refractivity contribution is 5.60. The lowest BCUT2D eigenvalue weighted by atomic mass is 10.0. The molecule has 1 aromatic rings. The normalized spacial score (nSPS) is 20.8. The van der Waals surface area contributed by atoms with Crippen LogP contribution in [0.3, 0.4) is 0 Å². The molecule has 1 N–H and O–H groups in total. The molecular formula is C14H21FN2. The van der Waals surface area contributed by atoms with E-state index in [2.05, 4.69) is 31.0 Å². The monoisotopic (exact) mass is 236 g/mol. The SMILES string of the molecule is CNC(C)C1Cc2cc(F)ccc2N1C(C)C. The fraction of sp³-hybridized carbons (Fsp3) is 0.571. The van der Waals surface area contributed by atoms with E-state index in [1.54, 1.807) is 12.1 Å². The Balaban J connectivity index is 2.37. The van der Waals surface area contributed by atoms with Gasteiger partial charge in [0.1, 0.15) is 5.82 Å². The first-order valence-electron chi connectivity index (χ1n) is 6.28. The van der Waals surface area contributed by atoms with Gasteiger partial charge in [-0.1, -0.05) is 0 Å². The summed E-state index contributed by atoms with van der Waals surface area (Å²) in [4.78, 5) is 2.40. The molecule has 1 aromatic carbocycles. The second kappa shape index (κ2) is 4.65. The molecule has 0 saturated heterocycles. The summed E-state index contributed by atoms with van der Waals surface area (Å²) in [7, 11) is 1.98. The predicted molar refractivity (Wildman–Crippen MR) is 70.0 cm³/mol. The van der Waals surface area contributed by atoms with Crippen LogP contribution in [0.25, 0.3) is 0 Å². The van der Waals surface area contributed by atoms with Gasteiger partial charge in [0.25, 0.3) is 0 Å². The number of likely N-dealkylation sites (N-methyl/N-ethyl adjacent to an activating group) is 1. The van der Waals surface area contributed by atoms with Gasteiger partial charge in [-0.2, -0.15) is 0 Å². The number of nitrogens with zero attached hydrogens (tertiary/aromatic N) is 1. The number of nitrogens with one attached hydrogen (secondary N) is 1. The van der Waals surface area contributed by atoms with E-state index in [1.165, 1.54) is 5.69 Å². The van der Waals surface area contributed by atoms with E-state index in [-0.39, 0.29) is 5.82 Å². The summed E-state index contributed by atoms with van der Waals surface area (Å²) in [6, 6.07) is 6.38. The van der Waals surface area contributed by atoms with Gasteiger partial charge < -0.3 is 10.2 Å². The summed E-state index contributed by atoms with van der Waals surface area (Å²) >= 11 is 0. The Hall–Kier alpha value is -1.09. The van der Waals surface area contributed by atoms with E-state index in [0.717, 1.165) is 12.0 Å². The molecule has 94 valence electrons. The van der Waals surface area contributed by atoms with Crippen molar-refractivity contribution in [3.05, 3.63) is 29.6 Å². The summed E-state index contributed by atoms with van der Waals surface area (Å²) in [6.45, 7) is 6.56. The number of anilines is 1. The summed E-state index contributed by atoms with van der Waals surface area (Å²) in [5.74, 6) is -0.134. The van der Waals surface area contributed by atoms with Gasteiger partial charge in [-0.05, 0) is 58.0 Å². The Labute approximate surface area is 103 Å². The van der Waals surface area contributed by atoms with Crippen molar-refractivity contribution in [3.8, 4) is 0 Å². The molecule has 0 aromatic heterocycles. The lowest BCUT2D eigenvalue weighted by Gasteiger charge is -2.35. The van der Waals surface area contributed by atoms with E-state index in [0.29, 0.717) is 18.1 Å². The zero-order valence-electron chi connectivity index (χ0n) is 11.0. The quantitative estimate of drug-likeness (QED) is 0.867. The average molecular weight is 236 g/mol. The Morgan fingerprint density at radius 2 is 2.06 bits per heavy atom. The summed E-state index contributed by atoms with van der Waals surface area (Å²) < 4.78 is 13.3. The zero-order valence-corrected chi connectivity index (χ0v) is 11.0. The Bertz CT molecular complexity index is 403. The fourth-order valence-corrected chi connectivity index (χ4v) is 2.74. The lowest BCUT2D eigenvalue weighted by molar-refractivity contribution is 0.451. The molecule has 1 aliphatic rings. The highest BCUT2D eigenvalue weighted by atomic mass is 19.1. The molecule has 2 rings (SSSR count). The van der Waals surface area contributed by atoms with Crippen molar-refractivity contribution in [2.24, 2.45) is 0 Å². The van der Waals surface area contributed by atoms with Crippen LogP contribution in [0.15, 0.2) is 18.2 Å². The van der Waals surface area contributed by atoms with Gasteiger partial charge in [0.2, 0.25) is 0 Å². The molecule has 2 nitrogen and oxygen atoms in total. The van der Waals surface area contributed by atoms with E-state index in [4.69, 9.17) is 0 Å². The van der Waals surface area contributed by atoms with Crippen molar-refractivity contribution in [3.63, 3.8) is 0 Å². The molecule has 0 radical (unpaired) electrons. The maximum Gasteiger partial charge on any atom is 0.123 e. The molecule has 0 spiro atoms. The number of rotatable bonds is 3. The van der Waals surface area contributed by atoms with Crippen LogP contribution in [0.2, 0.25) is 0 Å². The zero-order chi connectivity index (χ0) is 12.6. The van der Waals surface area contributed by atoms with E-state index < -0.39 is 0 Å². The molecule has 0 saturated carbocycles. The van der Waals surface area contributed by atoms with E-state index in [9.17, 15) is 4.39 Å². The second-order valence-corrected chi connectivity index (χ2v) is 5.12. The van der Waals surface area contributed by atoms with Crippen molar-refractivity contribution in [2.75, 3.05) is 11.9 Å². The average Bonchev–Trinajstić information content (AvgIpc) is 2.66. The number of fused-ring (bicyclic) bond motifs is 1. The highest BCUT2D eigenvalue weighted by Gasteiger charge is 2.34. The van der Waals surface area contributed by atoms with Gasteiger partial charge in [0.05, 0.1) is 0 Å². The van der Waals surface area contributed by atoms with Crippen LogP contribution in [-0.4, -0.2) is 25.2 Å². The molecule has 3 heteroatoms. The van der Waals surface area contributed by atoms with Gasteiger partial charge >= 0.3 is 0 Å². The highest BCUT2D eigenvalue weighted by Crippen LogP contribution is 2.35. The molecular weight excluding hydrogens is 215 g/mol. The first-order chi connectivity index (χ1) is 8.04. The maximum atomic E-state index is 13.3. The first kappa shape index (κ1) is 12.4. The van der Waals surface area contributed by atoms with Crippen molar-refractivity contribution < 1.29 is 4.39 Å². The van der Waals surface area contributed by atoms with Crippen LogP contribution in [0.5, 0.6) is 0 Å². The number of benzene rings is 1. The number of hydrogen-bond acceptors (Lipinski definition) is 2. The van der Waals surface area contributed by atoms with Crippen LogP contribution in [0, 0.1) is 5.82 Å². The third-order valence-corrected chi connectivity index (χ3v) is 3.69. The van der Waals surface area contributed by atoms with Gasteiger partial charge in [0.15, 0.2) is 0 Å². The minimum absolute atomic E-state index is 0.134. The molecule has 1 heterocycles. The Morgan fingerprint density at radius 3 is 2.65 bits per heavy atom. The van der Waals surface area contributed by atoms with Crippen molar-refractivity contribution in [2.45, 2.75) is 45.3 Å². The van der Waals surface area contributed by atoms with Crippen LogP contribution in [-0.2, 0) is 6.42 Å². The molecule has 2 unspecified atom stereocenters. The van der Waals surface area contributed by atoms with Crippen LogP contribution < -0.4 is 10.2 Å². The molecule has 2 atom stereocenters. The third-order valence-electron chi connectivity index (χ3n) is 3.69. The van der Waals surface area contributed by atoms with E-state index in [1.807, 2.05) is 13.1 Å². The second-order valence-electron chi connectivity index (χ2n) is 5.12. The maximum absolute atomic E-state index is 13.3. The summed E-state index contributed by atoms with van der Waals surface area (Å²) in [5, 5.41) is 3.31. The largest absolute Gasteiger partial charge is 0.364 e. The number of halogens is 1. The standard InChI is InChI=1S/C14H21FN2/c1-9(2)17-13-6-5-12(15)7-11(13)8-14(17)10(3)16-4/h5-7,9-10,14,16H,8H2,1-4H3. The third kappa shape index (κ3) is 2.16. The molecule has 0 fully saturated rings. The van der Waals surface area contributed by atoms with Gasteiger partial charge in [0, 0.05) is 23.8 Å². The van der Waals surface area contributed by atoms with Crippen LogP contribution >= 0.6 is 0 Å². The minimum Gasteiger partial charge on any atom is -0.364 e. The molecule has 17 heavy (non-hydrogen) atoms. The number of hydrogen-bond donors (Lipinski definition) is 1.